The Balaban J connectivity index is 1.99. The predicted molar refractivity (Wildman–Crippen MR) is 105 cm³/mol. The predicted octanol–water partition coefficient (Wildman–Crippen LogP) is 6.27. The average Bonchev–Trinajstić information content (AvgIpc) is 2.84. The highest BCUT2D eigenvalue weighted by Crippen LogP contribution is 2.41. The van der Waals surface area contributed by atoms with Crippen molar-refractivity contribution in [2.24, 2.45) is 0 Å². The van der Waals surface area contributed by atoms with E-state index in [9.17, 15) is 13.2 Å². The van der Waals surface area contributed by atoms with Gasteiger partial charge in [-0.2, -0.15) is 18.3 Å². The van der Waals surface area contributed by atoms with Gasteiger partial charge in [0.25, 0.3) is 0 Å². The van der Waals surface area contributed by atoms with Crippen molar-refractivity contribution in [3.63, 3.8) is 0 Å². The van der Waals surface area contributed by atoms with Gasteiger partial charge >= 0.3 is 6.18 Å². The molecule has 1 N–H and O–H groups in total. The summed E-state index contributed by atoms with van der Waals surface area (Å²) in [5, 5.41) is 8.60. The van der Waals surface area contributed by atoms with Crippen molar-refractivity contribution < 1.29 is 13.2 Å². The van der Waals surface area contributed by atoms with Gasteiger partial charge < -0.3 is 5.32 Å². The van der Waals surface area contributed by atoms with Crippen LogP contribution in [0.1, 0.15) is 29.5 Å². The van der Waals surface area contributed by atoms with Crippen molar-refractivity contribution in [2.75, 3.05) is 11.9 Å². The molecule has 0 radical (unpaired) electrons. The molecule has 1 aromatic heterocycles. The van der Waals surface area contributed by atoms with Crippen LogP contribution in [0.15, 0.2) is 42.5 Å². The molecular weight excluding hydrogens is 387 g/mol. The highest BCUT2D eigenvalue weighted by atomic mass is 35.5. The van der Waals surface area contributed by atoms with Gasteiger partial charge in [0.05, 0.1) is 16.9 Å². The molecule has 1 aliphatic heterocycles. The van der Waals surface area contributed by atoms with E-state index in [2.05, 4.69) is 10.4 Å². The van der Waals surface area contributed by atoms with Gasteiger partial charge in [-0.15, -0.1) is 0 Å². The SMILES string of the molecule is Cc1c(Cl)cccc1-n1nc(-c2ccccc2C(F)(F)F)c2c1NCCCC2. The van der Waals surface area contributed by atoms with E-state index in [0.717, 1.165) is 48.1 Å². The van der Waals surface area contributed by atoms with Crippen LogP contribution in [-0.4, -0.2) is 16.3 Å². The highest BCUT2D eigenvalue weighted by Gasteiger charge is 2.35. The molecule has 0 aliphatic carbocycles. The van der Waals surface area contributed by atoms with Gasteiger partial charge in [0, 0.05) is 22.7 Å². The van der Waals surface area contributed by atoms with Crippen molar-refractivity contribution in [1.82, 2.24) is 9.78 Å². The standard InChI is InChI=1S/C21H19ClF3N3/c1-13-17(22)10-6-11-18(13)28-20-15(8-4-5-12-26-20)19(27-28)14-7-2-3-9-16(14)21(23,24)25/h2-3,6-7,9-11,26H,4-5,8,12H2,1H3. The lowest BCUT2D eigenvalue weighted by atomic mass is 9.99. The fraction of sp³-hybridized carbons (Fsp3) is 0.286. The van der Waals surface area contributed by atoms with E-state index >= 15 is 0 Å². The molecule has 28 heavy (non-hydrogen) atoms. The Kier molecular flexibility index (Phi) is 4.83. The molecule has 1 aliphatic rings. The molecule has 0 fully saturated rings. The van der Waals surface area contributed by atoms with Crippen LogP contribution in [0.25, 0.3) is 16.9 Å². The number of hydrogen-bond acceptors (Lipinski definition) is 2. The maximum absolute atomic E-state index is 13.6. The number of hydrogen-bond donors (Lipinski definition) is 1. The van der Waals surface area contributed by atoms with Gasteiger partial charge in [0.15, 0.2) is 0 Å². The van der Waals surface area contributed by atoms with Gasteiger partial charge in [-0.1, -0.05) is 35.9 Å². The van der Waals surface area contributed by atoms with Gasteiger partial charge in [0.1, 0.15) is 5.82 Å². The number of fused-ring (bicyclic) bond motifs is 1. The van der Waals surface area contributed by atoms with Gasteiger partial charge in [-0.05, 0) is 49.9 Å². The van der Waals surface area contributed by atoms with E-state index in [1.165, 1.54) is 12.1 Å². The number of aromatic nitrogens is 2. The fourth-order valence-corrected chi connectivity index (χ4v) is 3.82. The highest BCUT2D eigenvalue weighted by molar-refractivity contribution is 6.31. The molecular formula is C21H19ClF3N3. The van der Waals surface area contributed by atoms with Gasteiger partial charge in [0.2, 0.25) is 0 Å². The van der Waals surface area contributed by atoms with Crippen LogP contribution in [0.5, 0.6) is 0 Å². The van der Waals surface area contributed by atoms with Crippen LogP contribution in [-0.2, 0) is 12.6 Å². The number of anilines is 1. The summed E-state index contributed by atoms with van der Waals surface area (Å²) in [7, 11) is 0. The zero-order valence-corrected chi connectivity index (χ0v) is 16.0. The summed E-state index contributed by atoms with van der Waals surface area (Å²) in [5.41, 5.74) is 2.21. The Hall–Kier alpha value is -2.47. The molecule has 2 aromatic carbocycles. The zero-order chi connectivity index (χ0) is 19.9. The molecule has 0 saturated heterocycles. The monoisotopic (exact) mass is 405 g/mol. The van der Waals surface area contributed by atoms with E-state index in [0.29, 0.717) is 17.1 Å². The molecule has 3 aromatic rings. The van der Waals surface area contributed by atoms with E-state index < -0.39 is 11.7 Å². The van der Waals surface area contributed by atoms with Gasteiger partial charge in [-0.25, -0.2) is 4.68 Å². The minimum atomic E-state index is -4.45. The molecule has 4 rings (SSSR count). The summed E-state index contributed by atoms with van der Waals surface area (Å²) in [6.07, 6.45) is -1.94. The lowest BCUT2D eigenvalue weighted by molar-refractivity contribution is -0.137. The summed E-state index contributed by atoms with van der Waals surface area (Å²) < 4.78 is 42.6. The normalized spacial score (nSPS) is 14.3. The molecule has 0 spiro atoms. The molecule has 0 saturated carbocycles. The number of nitrogens with zero attached hydrogens (tertiary/aromatic N) is 2. The Bertz CT molecular complexity index is 1020. The second-order valence-corrected chi connectivity index (χ2v) is 7.31. The first-order valence-electron chi connectivity index (χ1n) is 9.16. The molecule has 0 atom stereocenters. The van der Waals surface area contributed by atoms with Crippen LogP contribution in [0, 0.1) is 6.92 Å². The van der Waals surface area contributed by atoms with E-state index in [4.69, 9.17) is 11.6 Å². The van der Waals surface area contributed by atoms with E-state index in [1.54, 1.807) is 16.8 Å². The Morgan fingerprint density at radius 2 is 1.86 bits per heavy atom. The topological polar surface area (TPSA) is 29.9 Å². The second kappa shape index (κ2) is 7.17. The maximum Gasteiger partial charge on any atom is 0.417 e. The number of nitrogens with one attached hydrogen (secondary N) is 1. The minimum Gasteiger partial charge on any atom is -0.370 e. The first-order chi connectivity index (χ1) is 13.4. The van der Waals surface area contributed by atoms with Crippen molar-refractivity contribution in [3.05, 3.63) is 64.2 Å². The summed E-state index contributed by atoms with van der Waals surface area (Å²) in [5.74, 6) is 0.745. The third kappa shape index (κ3) is 3.26. The fourth-order valence-electron chi connectivity index (χ4n) is 3.66. The quantitative estimate of drug-likeness (QED) is 0.544. The molecule has 0 amide bonds. The van der Waals surface area contributed by atoms with Crippen molar-refractivity contribution in [2.45, 2.75) is 32.4 Å². The van der Waals surface area contributed by atoms with Gasteiger partial charge in [-0.3, -0.25) is 0 Å². The Labute approximate surface area is 166 Å². The van der Waals surface area contributed by atoms with Crippen LogP contribution in [0.4, 0.5) is 19.0 Å². The van der Waals surface area contributed by atoms with E-state index in [1.807, 2.05) is 19.1 Å². The van der Waals surface area contributed by atoms with Crippen molar-refractivity contribution in [3.8, 4) is 16.9 Å². The summed E-state index contributed by atoms with van der Waals surface area (Å²) in [6, 6.07) is 11.1. The molecule has 3 nitrogen and oxygen atoms in total. The molecule has 0 bridgehead atoms. The molecule has 7 heteroatoms. The minimum absolute atomic E-state index is 0.105. The van der Waals surface area contributed by atoms with Crippen LogP contribution in [0.2, 0.25) is 5.02 Å². The number of benzene rings is 2. The van der Waals surface area contributed by atoms with Crippen molar-refractivity contribution in [1.29, 1.82) is 0 Å². The number of alkyl halides is 3. The largest absolute Gasteiger partial charge is 0.417 e. The zero-order valence-electron chi connectivity index (χ0n) is 15.3. The third-order valence-electron chi connectivity index (χ3n) is 5.08. The molecule has 0 unspecified atom stereocenters. The number of rotatable bonds is 2. The summed E-state index contributed by atoms with van der Waals surface area (Å²) in [4.78, 5) is 0. The third-order valence-corrected chi connectivity index (χ3v) is 5.49. The van der Waals surface area contributed by atoms with Crippen LogP contribution in [0.3, 0.4) is 0 Å². The average molecular weight is 406 g/mol. The first kappa shape index (κ1) is 18.9. The summed E-state index contributed by atoms with van der Waals surface area (Å²) >= 11 is 6.28. The second-order valence-electron chi connectivity index (χ2n) is 6.90. The number of halogens is 4. The molecule has 146 valence electrons. The Morgan fingerprint density at radius 1 is 1.07 bits per heavy atom. The summed E-state index contributed by atoms with van der Waals surface area (Å²) in [6.45, 7) is 2.63. The Morgan fingerprint density at radius 3 is 2.64 bits per heavy atom. The smallest absolute Gasteiger partial charge is 0.370 e. The lowest BCUT2D eigenvalue weighted by Gasteiger charge is -2.12. The van der Waals surface area contributed by atoms with E-state index in [-0.39, 0.29) is 5.56 Å². The van der Waals surface area contributed by atoms with Crippen LogP contribution >= 0.6 is 11.6 Å². The maximum atomic E-state index is 13.6. The molecule has 2 heterocycles. The van der Waals surface area contributed by atoms with Crippen LogP contribution < -0.4 is 5.32 Å². The van der Waals surface area contributed by atoms with Crippen molar-refractivity contribution >= 4 is 17.4 Å². The lowest BCUT2D eigenvalue weighted by Crippen LogP contribution is -2.08. The first-order valence-corrected chi connectivity index (χ1v) is 9.53.